The molecule has 5 nitrogen and oxygen atoms in total. The standard InChI is InChI=1S/C17H24N2O3S/c1-11(2)9-18-16(21)12(3)19-15(20)10-23-17(19)13-5-7-14(22-4)8-6-13/h5-8,11-12,17H,9-10H2,1-4H3,(H,18,21). The summed E-state index contributed by atoms with van der Waals surface area (Å²) in [6.45, 7) is 6.49. The number of methoxy groups -OCH3 is 1. The molecule has 1 N–H and O–H groups in total. The molecule has 23 heavy (non-hydrogen) atoms. The number of hydrogen-bond acceptors (Lipinski definition) is 4. The molecule has 0 aliphatic carbocycles. The van der Waals surface area contributed by atoms with Crippen molar-refractivity contribution in [3.63, 3.8) is 0 Å². The molecule has 1 aliphatic rings. The SMILES string of the molecule is COc1ccc(C2SCC(=O)N2C(C)C(=O)NCC(C)C)cc1. The van der Waals surface area contributed by atoms with Crippen LogP contribution in [0.1, 0.15) is 31.7 Å². The number of benzene rings is 1. The number of amides is 2. The molecule has 0 saturated carbocycles. The highest BCUT2D eigenvalue weighted by Crippen LogP contribution is 2.40. The lowest BCUT2D eigenvalue weighted by Crippen LogP contribution is -2.47. The summed E-state index contributed by atoms with van der Waals surface area (Å²) in [6.07, 6.45) is 0. The molecule has 1 aliphatic heterocycles. The van der Waals surface area contributed by atoms with Crippen molar-refractivity contribution in [2.75, 3.05) is 19.4 Å². The number of rotatable bonds is 6. The van der Waals surface area contributed by atoms with Crippen LogP contribution in [0.25, 0.3) is 0 Å². The zero-order valence-corrected chi connectivity index (χ0v) is 14.9. The number of nitrogens with one attached hydrogen (secondary N) is 1. The fourth-order valence-electron chi connectivity index (χ4n) is 2.46. The maximum Gasteiger partial charge on any atom is 0.242 e. The van der Waals surface area contributed by atoms with Gasteiger partial charge in [0.15, 0.2) is 0 Å². The molecule has 1 aromatic rings. The summed E-state index contributed by atoms with van der Waals surface area (Å²) in [6, 6.07) is 7.16. The summed E-state index contributed by atoms with van der Waals surface area (Å²) in [5.74, 6) is 1.46. The number of ether oxygens (including phenoxy) is 1. The van der Waals surface area contributed by atoms with E-state index in [0.29, 0.717) is 18.2 Å². The molecule has 2 amide bonds. The highest BCUT2D eigenvalue weighted by Gasteiger charge is 2.38. The third-order valence-corrected chi connectivity index (χ3v) is 5.02. The van der Waals surface area contributed by atoms with Gasteiger partial charge >= 0.3 is 0 Å². The first-order valence-corrected chi connectivity index (χ1v) is 8.83. The van der Waals surface area contributed by atoms with E-state index in [1.807, 2.05) is 38.1 Å². The van der Waals surface area contributed by atoms with Gasteiger partial charge in [-0.05, 0) is 30.5 Å². The van der Waals surface area contributed by atoms with E-state index in [0.717, 1.165) is 11.3 Å². The molecule has 0 spiro atoms. The van der Waals surface area contributed by atoms with Gasteiger partial charge in [-0.25, -0.2) is 0 Å². The van der Waals surface area contributed by atoms with Gasteiger partial charge in [-0.3, -0.25) is 9.59 Å². The van der Waals surface area contributed by atoms with Gasteiger partial charge in [-0.1, -0.05) is 26.0 Å². The minimum atomic E-state index is -0.483. The maximum atomic E-state index is 12.3. The van der Waals surface area contributed by atoms with E-state index in [-0.39, 0.29) is 17.2 Å². The first-order chi connectivity index (χ1) is 10.9. The first-order valence-electron chi connectivity index (χ1n) is 7.78. The number of carbonyl (C=O) groups excluding carboxylic acids is 2. The van der Waals surface area contributed by atoms with Crippen LogP contribution in [0, 0.1) is 5.92 Å². The van der Waals surface area contributed by atoms with Crippen LogP contribution in [0.4, 0.5) is 0 Å². The Kier molecular flexibility index (Phi) is 5.93. The van der Waals surface area contributed by atoms with E-state index in [1.165, 1.54) is 0 Å². The third-order valence-electron chi connectivity index (χ3n) is 3.79. The Hall–Kier alpha value is -1.69. The quantitative estimate of drug-likeness (QED) is 0.867. The van der Waals surface area contributed by atoms with Crippen molar-refractivity contribution in [1.82, 2.24) is 10.2 Å². The second kappa shape index (κ2) is 7.73. The Bertz CT molecular complexity index is 559. The van der Waals surface area contributed by atoms with Crippen LogP contribution < -0.4 is 10.1 Å². The zero-order chi connectivity index (χ0) is 17.0. The average molecular weight is 336 g/mol. The van der Waals surface area contributed by atoms with Crippen molar-refractivity contribution in [2.24, 2.45) is 5.92 Å². The molecule has 1 saturated heterocycles. The van der Waals surface area contributed by atoms with Crippen LogP contribution in [0.5, 0.6) is 5.75 Å². The van der Waals surface area contributed by atoms with Crippen molar-refractivity contribution in [2.45, 2.75) is 32.2 Å². The lowest BCUT2D eigenvalue weighted by atomic mass is 10.1. The van der Waals surface area contributed by atoms with Gasteiger partial charge in [0, 0.05) is 6.54 Å². The summed E-state index contributed by atoms with van der Waals surface area (Å²) in [4.78, 5) is 26.3. The van der Waals surface area contributed by atoms with Gasteiger partial charge in [-0.15, -0.1) is 11.8 Å². The molecule has 0 bridgehead atoms. The van der Waals surface area contributed by atoms with E-state index in [2.05, 4.69) is 5.32 Å². The predicted octanol–water partition coefficient (Wildman–Crippen LogP) is 2.43. The lowest BCUT2D eigenvalue weighted by molar-refractivity contribution is -0.137. The summed E-state index contributed by atoms with van der Waals surface area (Å²) in [5.41, 5.74) is 1.00. The van der Waals surface area contributed by atoms with Gasteiger partial charge in [0.05, 0.1) is 12.9 Å². The van der Waals surface area contributed by atoms with Crippen LogP contribution >= 0.6 is 11.8 Å². The molecule has 1 fully saturated rings. The van der Waals surface area contributed by atoms with Crippen molar-refractivity contribution < 1.29 is 14.3 Å². The van der Waals surface area contributed by atoms with Crippen LogP contribution in [0.15, 0.2) is 24.3 Å². The van der Waals surface area contributed by atoms with E-state index in [1.54, 1.807) is 30.7 Å². The highest BCUT2D eigenvalue weighted by molar-refractivity contribution is 8.00. The maximum absolute atomic E-state index is 12.3. The van der Waals surface area contributed by atoms with Crippen LogP contribution in [-0.4, -0.2) is 42.2 Å². The molecule has 2 rings (SSSR count). The van der Waals surface area contributed by atoms with Crippen molar-refractivity contribution in [1.29, 1.82) is 0 Å². The van der Waals surface area contributed by atoms with E-state index in [9.17, 15) is 9.59 Å². The molecule has 0 radical (unpaired) electrons. The summed E-state index contributed by atoms with van der Waals surface area (Å²) < 4.78 is 5.17. The number of carbonyl (C=O) groups is 2. The second-order valence-corrected chi connectivity index (χ2v) is 7.12. The summed E-state index contributed by atoms with van der Waals surface area (Å²) in [7, 11) is 1.62. The molecular weight excluding hydrogens is 312 g/mol. The third kappa shape index (κ3) is 4.19. The molecule has 6 heteroatoms. The smallest absolute Gasteiger partial charge is 0.242 e. The highest BCUT2D eigenvalue weighted by atomic mass is 32.2. The van der Waals surface area contributed by atoms with Gasteiger partial charge in [0.2, 0.25) is 11.8 Å². The van der Waals surface area contributed by atoms with Crippen molar-refractivity contribution in [3.8, 4) is 5.75 Å². The molecular formula is C17H24N2O3S. The van der Waals surface area contributed by atoms with Gasteiger partial charge in [0.1, 0.15) is 17.2 Å². The lowest BCUT2D eigenvalue weighted by Gasteiger charge is -2.29. The zero-order valence-electron chi connectivity index (χ0n) is 14.0. The minimum absolute atomic E-state index is 0.00279. The fraction of sp³-hybridized carbons (Fsp3) is 0.529. The Balaban J connectivity index is 2.13. The normalized spacial score (nSPS) is 19.1. The van der Waals surface area contributed by atoms with E-state index in [4.69, 9.17) is 4.74 Å². The second-order valence-electron chi connectivity index (χ2n) is 6.05. The average Bonchev–Trinajstić information content (AvgIpc) is 2.93. The Morgan fingerprint density at radius 2 is 2.00 bits per heavy atom. The topological polar surface area (TPSA) is 58.6 Å². The van der Waals surface area contributed by atoms with Gasteiger partial charge < -0.3 is 15.0 Å². The van der Waals surface area contributed by atoms with Crippen LogP contribution in [0.3, 0.4) is 0 Å². The number of nitrogens with zero attached hydrogens (tertiary/aromatic N) is 1. The molecule has 2 unspecified atom stereocenters. The molecule has 0 aromatic heterocycles. The van der Waals surface area contributed by atoms with Gasteiger partial charge in [-0.2, -0.15) is 0 Å². The van der Waals surface area contributed by atoms with E-state index >= 15 is 0 Å². The van der Waals surface area contributed by atoms with Crippen molar-refractivity contribution in [3.05, 3.63) is 29.8 Å². The Labute approximate surface area is 141 Å². The molecule has 1 heterocycles. The largest absolute Gasteiger partial charge is 0.497 e. The first kappa shape index (κ1) is 17.7. The number of thioether (sulfide) groups is 1. The molecule has 2 atom stereocenters. The molecule has 1 aromatic carbocycles. The minimum Gasteiger partial charge on any atom is -0.497 e. The van der Waals surface area contributed by atoms with Crippen LogP contribution in [0.2, 0.25) is 0 Å². The summed E-state index contributed by atoms with van der Waals surface area (Å²) in [5, 5.41) is 2.78. The van der Waals surface area contributed by atoms with Crippen molar-refractivity contribution >= 4 is 23.6 Å². The van der Waals surface area contributed by atoms with E-state index < -0.39 is 6.04 Å². The Morgan fingerprint density at radius 1 is 1.35 bits per heavy atom. The monoisotopic (exact) mass is 336 g/mol. The fourth-order valence-corrected chi connectivity index (χ4v) is 3.72. The Morgan fingerprint density at radius 3 is 2.57 bits per heavy atom. The van der Waals surface area contributed by atoms with Crippen LogP contribution in [-0.2, 0) is 9.59 Å². The van der Waals surface area contributed by atoms with Gasteiger partial charge in [0.25, 0.3) is 0 Å². The predicted molar refractivity (Wildman–Crippen MR) is 92.3 cm³/mol. The molecule has 126 valence electrons. The number of hydrogen-bond donors (Lipinski definition) is 1. The summed E-state index contributed by atoms with van der Waals surface area (Å²) >= 11 is 1.55.